The summed E-state index contributed by atoms with van der Waals surface area (Å²) in [6, 6.07) is 3.20. The molecule has 0 spiro atoms. The van der Waals surface area contributed by atoms with E-state index in [1.807, 2.05) is 13.8 Å². The molecule has 2 N–H and O–H groups in total. The van der Waals surface area contributed by atoms with E-state index in [-0.39, 0.29) is 28.5 Å². The van der Waals surface area contributed by atoms with Crippen molar-refractivity contribution in [3.05, 3.63) is 29.0 Å². The quantitative estimate of drug-likeness (QED) is 0.758. The summed E-state index contributed by atoms with van der Waals surface area (Å²) < 4.78 is 39.4. The molecule has 114 valence electrons. The van der Waals surface area contributed by atoms with Gasteiger partial charge in [0.25, 0.3) is 0 Å². The molecule has 0 amide bonds. The standard InChI is InChI=1S/C13H19ClFNO3S/c1-13(2,9-17)6-3-7-16-20(18,19)12-8-10(15)4-5-11(12)14/h4-5,8,16-17H,3,6-7,9H2,1-2H3. The van der Waals surface area contributed by atoms with Gasteiger partial charge in [-0.2, -0.15) is 0 Å². The molecule has 20 heavy (non-hydrogen) atoms. The van der Waals surface area contributed by atoms with Crippen molar-refractivity contribution in [2.75, 3.05) is 13.2 Å². The largest absolute Gasteiger partial charge is 0.396 e. The molecule has 0 unspecified atom stereocenters. The van der Waals surface area contributed by atoms with Gasteiger partial charge in [-0.05, 0) is 36.5 Å². The molecule has 4 nitrogen and oxygen atoms in total. The Labute approximate surface area is 124 Å². The highest BCUT2D eigenvalue weighted by Gasteiger charge is 2.20. The minimum absolute atomic E-state index is 0.0189. The molecule has 0 bridgehead atoms. The molecule has 1 rings (SSSR count). The van der Waals surface area contributed by atoms with Gasteiger partial charge in [0, 0.05) is 13.2 Å². The summed E-state index contributed by atoms with van der Waals surface area (Å²) in [6.45, 7) is 4.03. The lowest BCUT2D eigenvalue weighted by molar-refractivity contribution is 0.148. The summed E-state index contributed by atoms with van der Waals surface area (Å²) in [4.78, 5) is -0.263. The summed E-state index contributed by atoms with van der Waals surface area (Å²) >= 11 is 5.77. The van der Waals surface area contributed by atoms with Crippen LogP contribution in [0.2, 0.25) is 5.02 Å². The molecule has 0 atom stereocenters. The van der Waals surface area contributed by atoms with Gasteiger partial charge in [0.2, 0.25) is 10.0 Å². The molecule has 0 aliphatic heterocycles. The number of hydrogen-bond acceptors (Lipinski definition) is 3. The van der Waals surface area contributed by atoms with Crippen LogP contribution in [-0.4, -0.2) is 26.7 Å². The SMILES string of the molecule is CC(C)(CO)CCCNS(=O)(=O)c1cc(F)ccc1Cl. The Kier molecular flexibility index (Phi) is 5.94. The molecule has 0 aliphatic carbocycles. The number of hydrogen-bond donors (Lipinski definition) is 2. The van der Waals surface area contributed by atoms with Crippen molar-refractivity contribution in [3.8, 4) is 0 Å². The fourth-order valence-electron chi connectivity index (χ4n) is 1.61. The molecule has 0 saturated carbocycles. The van der Waals surface area contributed by atoms with Crippen LogP contribution in [0.1, 0.15) is 26.7 Å². The fourth-order valence-corrected chi connectivity index (χ4v) is 3.20. The third-order valence-electron chi connectivity index (χ3n) is 2.93. The molecule has 0 heterocycles. The van der Waals surface area contributed by atoms with Crippen LogP contribution >= 0.6 is 11.6 Å². The third kappa shape index (κ3) is 5.01. The molecule has 1 aromatic rings. The van der Waals surface area contributed by atoms with Gasteiger partial charge in [-0.1, -0.05) is 25.4 Å². The van der Waals surface area contributed by atoms with Crippen LogP contribution in [0.25, 0.3) is 0 Å². The number of benzene rings is 1. The van der Waals surface area contributed by atoms with Crippen molar-refractivity contribution in [1.29, 1.82) is 0 Å². The monoisotopic (exact) mass is 323 g/mol. The van der Waals surface area contributed by atoms with Crippen LogP contribution in [0, 0.1) is 11.2 Å². The maximum atomic E-state index is 13.1. The second-order valence-electron chi connectivity index (χ2n) is 5.40. The Morgan fingerprint density at radius 2 is 2.05 bits per heavy atom. The summed E-state index contributed by atoms with van der Waals surface area (Å²) in [6.07, 6.45) is 1.24. The maximum Gasteiger partial charge on any atom is 0.242 e. The van der Waals surface area contributed by atoms with Crippen molar-refractivity contribution < 1.29 is 17.9 Å². The van der Waals surface area contributed by atoms with E-state index in [4.69, 9.17) is 16.7 Å². The highest BCUT2D eigenvalue weighted by atomic mass is 35.5. The Balaban J connectivity index is 2.65. The second kappa shape index (κ2) is 6.85. The van der Waals surface area contributed by atoms with Crippen LogP contribution in [-0.2, 0) is 10.0 Å². The molecular weight excluding hydrogens is 305 g/mol. The number of rotatable bonds is 7. The second-order valence-corrected chi connectivity index (χ2v) is 7.54. The van der Waals surface area contributed by atoms with E-state index >= 15 is 0 Å². The molecule has 7 heteroatoms. The van der Waals surface area contributed by atoms with Gasteiger partial charge < -0.3 is 5.11 Å². The summed E-state index contributed by atoms with van der Waals surface area (Å²) in [5.74, 6) is -0.656. The molecule has 0 saturated heterocycles. The summed E-state index contributed by atoms with van der Waals surface area (Å²) in [5, 5.41) is 9.08. The minimum atomic E-state index is -3.82. The third-order valence-corrected chi connectivity index (χ3v) is 4.88. The van der Waals surface area contributed by atoms with Gasteiger partial charge in [0.15, 0.2) is 0 Å². The van der Waals surface area contributed by atoms with Crippen LogP contribution in [0.4, 0.5) is 4.39 Å². The lowest BCUT2D eigenvalue weighted by atomic mass is 9.89. The van der Waals surface area contributed by atoms with E-state index < -0.39 is 15.8 Å². The van der Waals surface area contributed by atoms with Crippen molar-refractivity contribution >= 4 is 21.6 Å². The molecular formula is C13H19ClFNO3S. The average molecular weight is 324 g/mol. The molecule has 1 aromatic carbocycles. The fraction of sp³-hybridized carbons (Fsp3) is 0.538. The minimum Gasteiger partial charge on any atom is -0.396 e. The number of nitrogens with one attached hydrogen (secondary N) is 1. The highest BCUT2D eigenvalue weighted by Crippen LogP contribution is 2.23. The number of halogens is 2. The lowest BCUT2D eigenvalue weighted by Gasteiger charge is -2.21. The first-order chi connectivity index (χ1) is 9.18. The van der Waals surface area contributed by atoms with E-state index in [0.29, 0.717) is 12.8 Å². The van der Waals surface area contributed by atoms with Gasteiger partial charge in [-0.3, -0.25) is 0 Å². The van der Waals surface area contributed by atoms with Crippen molar-refractivity contribution in [2.45, 2.75) is 31.6 Å². The maximum absolute atomic E-state index is 13.1. The zero-order valence-corrected chi connectivity index (χ0v) is 13.1. The first kappa shape index (κ1) is 17.4. The van der Waals surface area contributed by atoms with E-state index in [0.717, 1.165) is 12.1 Å². The highest BCUT2D eigenvalue weighted by molar-refractivity contribution is 7.89. The van der Waals surface area contributed by atoms with E-state index in [2.05, 4.69) is 4.72 Å². The van der Waals surface area contributed by atoms with Crippen LogP contribution in [0.5, 0.6) is 0 Å². The Morgan fingerprint density at radius 1 is 1.40 bits per heavy atom. The van der Waals surface area contributed by atoms with Crippen LogP contribution in [0.15, 0.2) is 23.1 Å². The topological polar surface area (TPSA) is 66.4 Å². The smallest absolute Gasteiger partial charge is 0.242 e. The number of sulfonamides is 1. The first-order valence-corrected chi connectivity index (χ1v) is 8.10. The predicted octanol–water partition coefficient (Wildman–Crippen LogP) is 2.56. The lowest BCUT2D eigenvalue weighted by Crippen LogP contribution is -2.27. The normalized spacial score (nSPS) is 12.7. The molecule has 0 aliphatic rings. The Bertz CT molecular complexity index is 561. The van der Waals surface area contributed by atoms with Crippen molar-refractivity contribution in [2.24, 2.45) is 5.41 Å². The molecule has 0 aromatic heterocycles. The van der Waals surface area contributed by atoms with E-state index in [1.165, 1.54) is 6.07 Å². The zero-order valence-electron chi connectivity index (χ0n) is 11.5. The molecule has 0 radical (unpaired) electrons. The Morgan fingerprint density at radius 3 is 2.65 bits per heavy atom. The van der Waals surface area contributed by atoms with Gasteiger partial charge in [-0.25, -0.2) is 17.5 Å². The summed E-state index contributed by atoms with van der Waals surface area (Å²) in [5.41, 5.74) is -0.248. The van der Waals surface area contributed by atoms with Crippen LogP contribution in [0.3, 0.4) is 0 Å². The van der Waals surface area contributed by atoms with Crippen LogP contribution < -0.4 is 4.72 Å². The van der Waals surface area contributed by atoms with E-state index in [1.54, 1.807) is 0 Å². The van der Waals surface area contributed by atoms with E-state index in [9.17, 15) is 12.8 Å². The number of aliphatic hydroxyl groups is 1. The summed E-state index contributed by atoms with van der Waals surface area (Å²) in [7, 11) is -3.82. The van der Waals surface area contributed by atoms with Gasteiger partial charge in [-0.15, -0.1) is 0 Å². The van der Waals surface area contributed by atoms with Gasteiger partial charge >= 0.3 is 0 Å². The zero-order chi connectivity index (χ0) is 15.4. The van der Waals surface area contributed by atoms with Gasteiger partial charge in [0.1, 0.15) is 10.7 Å². The molecule has 0 fully saturated rings. The Hall–Kier alpha value is -0.690. The first-order valence-electron chi connectivity index (χ1n) is 6.23. The van der Waals surface area contributed by atoms with Crippen molar-refractivity contribution in [1.82, 2.24) is 4.72 Å². The average Bonchev–Trinajstić information content (AvgIpc) is 2.37. The van der Waals surface area contributed by atoms with Crippen molar-refractivity contribution in [3.63, 3.8) is 0 Å². The predicted molar refractivity (Wildman–Crippen MR) is 76.7 cm³/mol. The number of aliphatic hydroxyl groups excluding tert-OH is 1. The van der Waals surface area contributed by atoms with Gasteiger partial charge in [0.05, 0.1) is 5.02 Å².